The summed E-state index contributed by atoms with van der Waals surface area (Å²) >= 11 is 11.8. The van der Waals surface area contributed by atoms with E-state index >= 15 is 0 Å². The van der Waals surface area contributed by atoms with Crippen molar-refractivity contribution in [2.45, 2.75) is 12.6 Å². The lowest BCUT2D eigenvalue weighted by Gasteiger charge is -2.20. The van der Waals surface area contributed by atoms with Crippen molar-refractivity contribution in [3.8, 4) is 5.75 Å². The zero-order chi connectivity index (χ0) is 16.1. The van der Waals surface area contributed by atoms with Crippen molar-refractivity contribution in [2.24, 2.45) is 7.05 Å². The molecule has 5 nitrogen and oxygen atoms in total. The van der Waals surface area contributed by atoms with Gasteiger partial charge in [0, 0.05) is 31.0 Å². The molecule has 0 amide bonds. The summed E-state index contributed by atoms with van der Waals surface area (Å²) in [6, 6.07) is 5.00. The summed E-state index contributed by atoms with van der Waals surface area (Å²) in [4.78, 5) is 6.24. The molecule has 0 aliphatic heterocycles. The number of aliphatic hydroxyl groups is 1. The Morgan fingerprint density at radius 3 is 2.82 bits per heavy atom. The number of aromatic nitrogens is 2. The van der Waals surface area contributed by atoms with Crippen LogP contribution in [0.3, 0.4) is 0 Å². The first kappa shape index (κ1) is 17.1. The number of hydrogen-bond acceptors (Lipinski definition) is 4. The maximum atomic E-state index is 10.1. The van der Waals surface area contributed by atoms with Crippen LogP contribution in [0.5, 0.6) is 5.75 Å². The molecule has 22 heavy (non-hydrogen) atoms. The van der Waals surface area contributed by atoms with Crippen LogP contribution in [0.1, 0.15) is 5.82 Å². The Labute approximate surface area is 140 Å². The van der Waals surface area contributed by atoms with Crippen LogP contribution in [-0.4, -0.2) is 45.9 Å². The van der Waals surface area contributed by atoms with E-state index in [0.717, 1.165) is 5.82 Å². The zero-order valence-electron chi connectivity index (χ0n) is 12.5. The first-order valence-corrected chi connectivity index (χ1v) is 7.62. The lowest BCUT2D eigenvalue weighted by molar-refractivity contribution is 0.0735. The Morgan fingerprint density at radius 2 is 2.18 bits per heavy atom. The molecule has 0 saturated heterocycles. The Hall–Kier alpha value is -1.27. The number of nitrogens with zero attached hydrogens (tertiary/aromatic N) is 3. The van der Waals surface area contributed by atoms with Gasteiger partial charge in [0.2, 0.25) is 0 Å². The van der Waals surface area contributed by atoms with Gasteiger partial charge >= 0.3 is 0 Å². The molecule has 0 aliphatic rings. The van der Waals surface area contributed by atoms with Crippen molar-refractivity contribution in [3.05, 3.63) is 46.5 Å². The first-order chi connectivity index (χ1) is 10.5. The van der Waals surface area contributed by atoms with Gasteiger partial charge in [-0.3, -0.25) is 4.90 Å². The van der Waals surface area contributed by atoms with Crippen molar-refractivity contribution in [3.63, 3.8) is 0 Å². The molecule has 0 bridgehead atoms. The highest BCUT2D eigenvalue weighted by Crippen LogP contribution is 2.27. The van der Waals surface area contributed by atoms with Crippen molar-refractivity contribution >= 4 is 23.2 Å². The van der Waals surface area contributed by atoms with Gasteiger partial charge in [-0.1, -0.05) is 23.2 Å². The lowest BCUT2D eigenvalue weighted by Crippen LogP contribution is -2.33. The smallest absolute Gasteiger partial charge is 0.138 e. The number of rotatable bonds is 7. The van der Waals surface area contributed by atoms with Gasteiger partial charge in [-0.05, 0) is 25.2 Å². The van der Waals surface area contributed by atoms with Crippen molar-refractivity contribution < 1.29 is 9.84 Å². The minimum Gasteiger partial charge on any atom is -0.489 e. The van der Waals surface area contributed by atoms with E-state index in [4.69, 9.17) is 27.9 Å². The fraction of sp³-hybridized carbons (Fsp3) is 0.400. The van der Waals surface area contributed by atoms with E-state index < -0.39 is 6.10 Å². The number of imidazole rings is 1. The Bertz CT molecular complexity index is 619. The molecule has 1 heterocycles. The number of likely N-dealkylation sites (N-methyl/N-ethyl adjacent to an activating group) is 1. The first-order valence-electron chi connectivity index (χ1n) is 6.86. The van der Waals surface area contributed by atoms with Gasteiger partial charge in [-0.2, -0.15) is 0 Å². The van der Waals surface area contributed by atoms with E-state index in [1.807, 2.05) is 29.8 Å². The summed E-state index contributed by atoms with van der Waals surface area (Å²) in [5.74, 6) is 1.45. The third-order valence-corrected chi connectivity index (χ3v) is 3.71. The quantitative estimate of drug-likeness (QED) is 0.839. The number of ether oxygens (including phenoxy) is 1. The largest absolute Gasteiger partial charge is 0.489 e. The Kier molecular flexibility index (Phi) is 6.08. The van der Waals surface area contributed by atoms with Gasteiger partial charge in [0.25, 0.3) is 0 Å². The van der Waals surface area contributed by atoms with E-state index in [1.54, 1.807) is 24.4 Å². The topological polar surface area (TPSA) is 50.5 Å². The van der Waals surface area contributed by atoms with E-state index in [9.17, 15) is 5.11 Å². The monoisotopic (exact) mass is 343 g/mol. The second kappa shape index (κ2) is 7.83. The number of aliphatic hydroxyl groups excluding tert-OH is 1. The maximum absolute atomic E-state index is 10.1. The minimum absolute atomic E-state index is 0.159. The van der Waals surface area contributed by atoms with Gasteiger partial charge in [-0.15, -0.1) is 0 Å². The number of aryl methyl sites for hydroxylation is 1. The molecule has 0 saturated carbocycles. The molecule has 120 valence electrons. The molecular weight excluding hydrogens is 325 g/mol. The van der Waals surface area contributed by atoms with Crippen LogP contribution in [0.15, 0.2) is 30.6 Å². The van der Waals surface area contributed by atoms with Crippen molar-refractivity contribution in [1.82, 2.24) is 14.5 Å². The van der Waals surface area contributed by atoms with Gasteiger partial charge in [0.1, 0.15) is 24.3 Å². The van der Waals surface area contributed by atoms with Crippen molar-refractivity contribution in [1.29, 1.82) is 0 Å². The average molecular weight is 344 g/mol. The molecule has 0 radical (unpaired) electrons. The van der Waals surface area contributed by atoms with Gasteiger partial charge in [-0.25, -0.2) is 4.98 Å². The normalized spacial score (nSPS) is 12.6. The van der Waals surface area contributed by atoms with Crippen LogP contribution < -0.4 is 4.74 Å². The molecule has 2 rings (SSSR count). The predicted octanol–water partition coefficient (Wildman–Crippen LogP) is 2.60. The van der Waals surface area contributed by atoms with Gasteiger partial charge in [0.15, 0.2) is 0 Å². The molecule has 0 spiro atoms. The highest BCUT2D eigenvalue weighted by atomic mass is 35.5. The summed E-state index contributed by atoms with van der Waals surface area (Å²) < 4.78 is 7.48. The number of halogens is 2. The SMILES string of the molecule is CN(Cc1nccn1C)CC(O)COc1ccc(Cl)cc1Cl. The van der Waals surface area contributed by atoms with Crippen LogP contribution in [0.2, 0.25) is 10.0 Å². The fourth-order valence-corrected chi connectivity index (χ4v) is 2.51. The van der Waals surface area contributed by atoms with E-state index in [2.05, 4.69) is 4.98 Å². The van der Waals surface area contributed by atoms with Gasteiger partial charge in [0.05, 0.1) is 11.6 Å². The highest BCUT2D eigenvalue weighted by molar-refractivity contribution is 6.35. The van der Waals surface area contributed by atoms with Crippen LogP contribution in [-0.2, 0) is 13.6 Å². The summed E-state index contributed by atoms with van der Waals surface area (Å²) in [6.07, 6.45) is 3.02. The molecule has 0 aliphatic carbocycles. The van der Waals surface area contributed by atoms with E-state index in [1.165, 1.54) is 0 Å². The minimum atomic E-state index is -0.628. The van der Waals surface area contributed by atoms with Crippen LogP contribution in [0.4, 0.5) is 0 Å². The summed E-state index contributed by atoms with van der Waals surface area (Å²) in [6.45, 7) is 1.28. The molecule has 1 N–H and O–H groups in total. The fourth-order valence-electron chi connectivity index (χ4n) is 2.05. The Morgan fingerprint density at radius 1 is 1.41 bits per heavy atom. The molecular formula is C15H19Cl2N3O2. The second-order valence-corrected chi connectivity index (χ2v) is 6.03. The summed E-state index contributed by atoms with van der Waals surface area (Å²) in [5.41, 5.74) is 0. The number of benzene rings is 1. The summed E-state index contributed by atoms with van der Waals surface area (Å²) in [7, 11) is 3.87. The Balaban J connectivity index is 1.80. The van der Waals surface area contributed by atoms with Gasteiger partial charge < -0.3 is 14.4 Å². The molecule has 1 unspecified atom stereocenters. The molecule has 1 aromatic carbocycles. The van der Waals surface area contributed by atoms with Crippen LogP contribution in [0.25, 0.3) is 0 Å². The lowest BCUT2D eigenvalue weighted by atomic mass is 10.3. The molecule has 1 aromatic heterocycles. The van der Waals surface area contributed by atoms with Crippen LogP contribution >= 0.6 is 23.2 Å². The average Bonchev–Trinajstić information content (AvgIpc) is 2.83. The highest BCUT2D eigenvalue weighted by Gasteiger charge is 2.12. The van der Waals surface area contributed by atoms with E-state index in [0.29, 0.717) is 28.9 Å². The molecule has 7 heteroatoms. The number of hydrogen-bond donors (Lipinski definition) is 1. The third kappa shape index (κ3) is 4.88. The van der Waals surface area contributed by atoms with E-state index in [-0.39, 0.29) is 6.61 Å². The van der Waals surface area contributed by atoms with Crippen molar-refractivity contribution in [2.75, 3.05) is 20.2 Å². The molecule has 1 atom stereocenters. The second-order valence-electron chi connectivity index (χ2n) is 5.19. The molecule has 0 fully saturated rings. The van der Waals surface area contributed by atoms with Crippen LogP contribution in [0, 0.1) is 0 Å². The standard InChI is InChI=1S/C15H19Cl2N3O2/c1-19(9-15-18-5-6-20(15)2)8-12(21)10-22-14-4-3-11(16)7-13(14)17/h3-7,12,21H,8-10H2,1-2H3. The predicted molar refractivity (Wildman–Crippen MR) is 87.5 cm³/mol. The molecule has 2 aromatic rings. The third-order valence-electron chi connectivity index (χ3n) is 3.18. The zero-order valence-corrected chi connectivity index (χ0v) is 14.1. The summed E-state index contributed by atoms with van der Waals surface area (Å²) in [5, 5.41) is 11.0. The maximum Gasteiger partial charge on any atom is 0.138 e.